The predicted molar refractivity (Wildman–Crippen MR) is 112 cm³/mol. The third-order valence-corrected chi connectivity index (χ3v) is 6.31. The van der Waals surface area contributed by atoms with Gasteiger partial charge in [-0.1, -0.05) is 37.3 Å². The molecule has 26 heavy (non-hydrogen) atoms. The quantitative estimate of drug-likeness (QED) is 0.550. The van der Waals surface area contributed by atoms with E-state index >= 15 is 0 Å². The van der Waals surface area contributed by atoms with Crippen LogP contribution in [0.25, 0.3) is 10.2 Å². The average molecular weight is 385 g/mol. The van der Waals surface area contributed by atoms with Crippen molar-refractivity contribution in [3.05, 3.63) is 57.9 Å². The van der Waals surface area contributed by atoms with E-state index in [9.17, 15) is 4.79 Å². The highest BCUT2D eigenvalue weighted by molar-refractivity contribution is 7.99. The standard InChI is InChI=1S/C21H24N2OS2/c1-6-23-18-11-14(4)10-15(5)19(18)26-21(23)22-20(24)16-8-7-9-17(12-16)25-13(2)3/h7-13H,6H2,1-5H3. The van der Waals surface area contributed by atoms with Crippen LogP contribution in [0.4, 0.5) is 0 Å². The summed E-state index contributed by atoms with van der Waals surface area (Å²) in [7, 11) is 0. The smallest absolute Gasteiger partial charge is 0.279 e. The van der Waals surface area contributed by atoms with Crippen molar-refractivity contribution in [2.45, 2.75) is 51.3 Å². The second kappa shape index (κ2) is 7.80. The van der Waals surface area contributed by atoms with Crippen molar-refractivity contribution in [3.8, 4) is 0 Å². The number of aromatic nitrogens is 1. The second-order valence-electron chi connectivity index (χ2n) is 6.67. The molecule has 0 saturated heterocycles. The second-order valence-corrected chi connectivity index (χ2v) is 9.30. The Labute approximate surface area is 162 Å². The normalized spacial score (nSPS) is 12.3. The number of rotatable bonds is 4. The lowest BCUT2D eigenvalue weighted by Gasteiger charge is -2.05. The molecule has 0 fully saturated rings. The van der Waals surface area contributed by atoms with Crippen molar-refractivity contribution in [1.29, 1.82) is 0 Å². The summed E-state index contributed by atoms with van der Waals surface area (Å²) in [5.74, 6) is -0.181. The Morgan fingerprint density at radius 1 is 1.23 bits per heavy atom. The van der Waals surface area contributed by atoms with Gasteiger partial charge in [0, 0.05) is 22.3 Å². The minimum absolute atomic E-state index is 0.181. The number of carbonyl (C=O) groups excluding carboxylic acids is 1. The van der Waals surface area contributed by atoms with Crippen molar-refractivity contribution in [2.75, 3.05) is 0 Å². The molecule has 136 valence electrons. The summed E-state index contributed by atoms with van der Waals surface area (Å²) in [4.78, 5) is 19.1. The maximum Gasteiger partial charge on any atom is 0.279 e. The molecule has 0 radical (unpaired) electrons. The van der Waals surface area contributed by atoms with Gasteiger partial charge in [0.05, 0.1) is 10.2 Å². The van der Waals surface area contributed by atoms with Crippen molar-refractivity contribution >= 4 is 39.2 Å². The summed E-state index contributed by atoms with van der Waals surface area (Å²) in [6.07, 6.45) is 0. The van der Waals surface area contributed by atoms with E-state index in [-0.39, 0.29) is 5.91 Å². The van der Waals surface area contributed by atoms with E-state index in [4.69, 9.17) is 0 Å². The van der Waals surface area contributed by atoms with E-state index in [1.54, 1.807) is 23.1 Å². The molecular formula is C21H24N2OS2. The van der Waals surface area contributed by atoms with Crippen LogP contribution in [0.3, 0.4) is 0 Å². The molecule has 0 bridgehead atoms. The molecule has 2 aromatic carbocycles. The van der Waals surface area contributed by atoms with E-state index in [0.29, 0.717) is 10.8 Å². The molecule has 0 N–H and O–H groups in total. The van der Waals surface area contributed by atoms with Gasteiger partial charge in [0.25, 0.3) is 5.91 Å². The van der Waals surface area contributed by atoms with Gasteiger partial charge in [-0.05, 0) is 56.2 Å². The van der Waals surface area contributed by atoms with Gasteiger partial charge in [0.2, 0.25) is 0 Å². The highest BCUT2D eigenvalue weighted by Gasteiger charge is 2.11. The number of hydrogen-bond acceptors (Lipinski definition) is 3. The number of fused-ring (bicyclic) bond motifs is 1. The first kappa shape index (κ1) is 18.9. The molecule has 0 atom stereocenters. The van der Waals surface area contributed by atoms with Crippen LogP contribution in [0.5, 0.6) is 0 Å². The first-order valence-corrected chi connectivity index (χ1v) is 10.5. The Kier molecular flexibility index (Phi) is 5.68. The van der Waals surface area contributed by atoms with E-state index in [2.05, 4.69) is 56.3 Å². The van der Waals surface area contributed by atoms with Gasteiger partial charge in [-0.3, -0.25) is 4.79 Å². The summed E-state index contributed by atoms with van der Waals surface area (Å²) in [6, 6.07) is 12.1. The molecule has 1 aromatic heterocycles. The number of carbonyl (C=O) groups is 1. The van der Waals surface area contributed by atoms with Gasteiger partial charge < -0.3 is 4.57 Å². The van der Waals surface area contributed by atoms with Crippen LogP contribution < -0.4 is 4.80 Å². The van der Waals surface area contributed by atoms with Crippen LogP contribution in [0.1, 0.15) is 42.3 Å². The van der Waals surface area contributed by atoms with Crippen molar-refractivity contribution < 1.29 is 4.79 Å². The first-order chi connectivity index (χ1) is 12.4. The zero-order valence-electron chi connectivity index (χ0n) is 15.9. The van der Waals surface area contributed by atoms with Gasteiger partial charge in [-0.2, -0.15) is 4.99 Å². The topological polar surface area (TPSA) is 34.4 Å². The molecule has 0 aliphatic carbocycles. The number of nitrogens with zero attached hydrogens (tertiary/aromatic N) is 2. The fourth-order valence-electron chi connectivity index (χ4n) is 3.03. The van der Waals surface area contributed by atoms with Crippen LogP contribution in [0.2, 0.25) is 0 Å². The Hall–Kier alpha value is -1.85. The molecule has 1 amide bonds. The molecule has 3 nitrogen and oxygen atoms in total. The minimum atomic E-state index is -0.181. The van der Waals surface area contributed by atoms with Crippen LogP contribution >= 0.6 is 23.1 Å². The first-order valence-electron chi connectivity index (χ1n) is 8.85. The number of hydrogen-bond donors (Lipinski definition) is 0. The Morgan fingerprint density at radius 2 is 2.00 bits per heavy atom. The van der Waals surface area contributed by atoms with Crippen LogP contribution in [-0.4, -0.2) is 15.7 Å². The zero-order chi connectivity index (χ0) is 18.8. The molecule has 0 unspecified atom stereocenters. The summed E-state index contributed by atoms with van der Waals surface area (Å²) in [5.41, 5.74) is 4.26. The minimum Gasteiger partial charge on any atom is -0.317 e. The third-order valence-electron chi connectivity index (χ3n) is 4.08. The van der Waals surface area contributed by atoms with Gasteiger partial charge in [0.1, 0.15) is 0 Å². The number of benzene rings is 2. The lowest BCUT2D eigenvalue weighted by atomic mass is 10.1. The monoisotopic (exact) mass is 384 g/mol. The number of amides is 1. The molecule has 3 rings (SSSR count). The highest BCUT2D eigenvalue weighted by Crippen LogP contribution is 2.25. The van der Waals surface area contributed by atoms with E-state index in [1.165, 1.54) is 15.8 Å². The lowest BCUT2D eigenvalue weighted by Crippen LogP contribution is -2.16. The molecule has 5 heteroatoms. The van der Waals surface area contributed by atoms with Crippen LogP contribution in [0, 0.1) is 13.8 Å². The van der Waals surface area contributed by atoms with Crippen molar-refractivity contribution in [1.82, 2.24) is 4.57 Å². The van der Waals surface area contributed by atoms with Gasteiger partial charge in [0.15, 0.2) is 4.80 Å². The fraction of sp³-hybridized carbons (Fsp3) is 0.333. The Morgan fingerprint density at radius 3 is 2.69 bits per heavy atom. The third kappa shape index (κ3) is 3.94. The van der Waals surface area contributed by atoms with Gasteiger partial charge in [-0.15, -0.1) is 11.8 Å². The maximum absolute atomic E-state index is 12.8. The average Bonchev–Trinajstić information content (AvgIpc) is 2.91. The SMILES string of the molecule is CCn1c(=NC(=O)c2cccc(SC(C)C)c2)sc2c(C)cc(C)cc21. The highest BCUT2D eigenvalue weighted by atomic mass is 32.2. The summed E-state index contributed by atoms with van der Waals surface area (Å²) in [6.45, 7) is 11.4. The van der Waals surface area contributed by atoms with Crippen LogP contribution in [0.15, 0.2) is 46.3 Å². The Balaban J connectivity index is 2.07. The number of thiazole rings is 1. The predicted octanol–water partition coefficient (Wildman–Crippen LogP) is 5.58. The largest absolute Gasteiger partial charge is 0.317 e. The molecule has 3 aromatic rings. The van der Waals surface area contributed by atoms with Crippen LogP contribution in [-0.2, 0) is 6.54 Å². The van der Waals surface area contributed by atoms with Gasteiger partial charge in [-0.25, -0.2) is 0 Å². The van der Waals surface area contributed by atoms with E-state index in [0.717, 1.165) is 21.8 Å². The summed E-state index contributed by atoms with van der Waals surface area (Å²) in [5, 5.41) is 0.480. The molecule has 0 aliphatic heterocycles. The number of aryl methyl sites for hydroxylation is 3. The molecule has 0 spiro atoms. The zero-order valence-corrected chi connectivity index (χ0v) is 17.5. The molecule has 0 aliphatic rings. The summed E-state index contributed by atoms with van der Waals surface area (Å²) >= 11 is 3.35. The maximum atomic E-state index is 12.8. The van der Waals surface area contributed by atoms with Crippen molar-refractivity contribution in [2.24, 2.45) is 4.99 Å². The molecule has 0 saturated carbocycles. The Bertz CT molecular complexity index is 1030. The lowest BCUT2D eigenvalue weighted by molar-refractivity contribution is 0.0997. The number of thioether (sulfide) groups is 1. The molecule has 1 heterocycles. The van der Waals surface area contributed by atoms with E-state index in [1.807, 2.05) is 24.3 Å². The fourth-order valence-corrected chi connectivity index (χ4v) is 5.07. The van der Waals surface area contributed by atoms with Gasteiger partial charge >= 0.3 is 0 Å². The summed E-state index contributed by atoms with van der Waals surface area (Å²) < 4.78 is 3.33. The van der Waals surface area contributed by atoms with E-state index < -0.39 is 0 Å². The van der Waals surface area contributed by atoms with Crippen molar-refractivity contribution in [3.63, 3.8) is 0 Å². The molecular weight excluding hydrogens is 360 g/mol.